The van der Waals surface area contributed by atoms with Crippen molar-refractivity contribution in [2.45, 2.75) is 24.8 Å². The Morgan fingerprint density at radius 3 is 2.46 bits per heavy atom. The highest BCUT2D eigenvalue weighted by Gasteiger charge is 2.36. The van der Waals surface area contributed by atoms with Gasteiger partial charge in [0.05, 0.1) is 18.0 Å². The molecule has 3 nitrogen and oxygen atoms in total. The predicted molar refractivity (Wildman–Crippen MR) is 92.1 cm³/mol. The Morgan fingerprint density at radius 1 is 1.11 bits per heavy atom. The lowest BCUT2D eigenvalue weighted by Gasteiger charge is -2.30. The van der Waals surface area contributed by atoms with Crippen LogP contribution in [0.2, 0.25) is 0 Å². The number of pyridine rings is 1. The number of aromatic nitrogens is 1. The summed E-state index contributed by atoms with van der Waals surface area (Å²) >= 11 is 0. The van der Waals surface area contributed by atoms with E-state index in [0.29, 0.717) is 29.4 Å². The van der Waals surface area contributed by atoms with Gasteiger partial charge in [-0.2, -0.15) is 26.3 Å². The molecular formula is C19H17F6N3. The number of nitrogens with zero attached hydrogens (tertiary/aromatic N) is 2. The topological polar surface area (TPSA) is 42.1 Å². The summed E-state index contributed by atoms with van der Waals surface area (Å²) in [4.78, 5) is 5.74. The molecule has 1 aliphatic rings. The summed E-state index contributed by atoms with van der Waals surface area (Å²) < 4.78 is 78.6. The van der Waals surface area contributed by atoms with Gasteiger partial charge in [-0.3, -0.25) is 9.88 Å². The summed E-state index contributed by atoms with van der Waals surface area (Å²) in [5, 5.41) is 0. The van der Waals surface area contributed by atoms with E-state index in [9.17, 15) is 26.3 Å². The van der Waals surface area contributed by atoms with Gasteiger partial charge in [-0.15, -0.1) is 0 Å². The summed E-state index contributed by atoms with van der Waals surface area (Å²) in [6.45, 7) is 0.317. The van der Waals surface area contributed by atoms with Crippen molar-refractivity contribution in [1.29, 1.82) is 0 Å². The van der Waals surface area contributed by atoms with Gasteiger partial charge in [0.25, 0.3) is 0 Å². The minimum absolute atomic E-state index is 0.156. The van der Waals surface area contributed by atoms with Crippen LogP contribution in [0.25, 0.3) is 5.70 Å². The fourth-order valence-corrected chi connectivity index (χ4v) is 3.40. The molecule has 1 aromatic carbocycles. The van der Waals surface area contributed by atoms with E-state index in [1.165, 1.54) is 12.4 Å². The van der Waals surface area contributed by atoms with Crippen molar-refractivity contribution in [1.82, 2.24) is 9.88 Å². The molecule has 2 heterocycles. The summed E-state index contributed by atoms with van der Waals surface area (Å²) in [5.74, 6) is 0. The summed E-state index contributed by atoms with van der Waals surface area (Å²) in [6, 6.07) is 3.44. The summed E-state index contributed by atoms with van der Waals surface area (Å²) in [5.41, 5.74) is 6.22. The molecule has 0 saturated heterocycles. The second-order valence-electron chi connectivity index (χ2n) is 6.67. The summed E-state index contributed by atoms with van der Waals surface area (Å²) in [6.07, 6.45) is -6.16. The van der Waals surface area contributed by atoms with Gasteiger partial charge in [0.1, 0.15) is 0 Å². The van der Waals surface area contributed by atoms with Gasteiger partial charge < -0.3 is 5.73 Å². The number of rotatable bonds is 2. The maximum atomic E-state index is 13.1. The number of benzene rings is 1. The first-order valence-electron chi connectivity index (χ1n) is 8.34. The van der Waals surface area contributed by atoms with E-state index in [0.717, 1.165) is 12.1 Å². The van der Waals surface area contributed by atoms with Gasteiger partial charge in [-0.05, 0) is 48.0 Å². The fourth-order valence-electron chi connectivity index (χ4n) is 3.40. The molecule has 1 atom stereocenters. The van der Waals surface area contributed by atoms with Crippen LogP contribution in [0.3, 0.4) is 0 Å². The number of fused-ring (bicyclic) bond motifs is 1. The van der Waals surface area contributed by atoms with Gasteiger partial charge in [-0.25, -0.2) is 0 Å². The van der Waals surface area contributed by atoms with Gasteiger partial charge in [0, 0.05) is 30.2 Å². The van der Waals surface area contributed by atoms with Gasteiger partial charge in [-0.1, -0.05) is 6.07 Å². The van der Waals surface area contributed by atoms with Crippen LogP contribution in [-0.2, 0) is 12.6 Å². The zero-order valence-electron chi connectivity index (χ0n) is 14.8. The van der Waals surface area contributed by atoms with Crippen LogP contribution in [0.1, 0.15) is 33.9 Å². The molecule has 150 valence electrons. The molecule has 9 heteroatoms. The number of likely N-dealkylation sites (N-methyl/N-ethyl adjacent to an activating group) is 1. The molecular weight excluding hydrogens is 384 g/mol. The highest BCUT2D eigenvalue weighted by Crippen LogP contribution is 2.39. The van der Waals surface area contributed by atoms with Crippen LogP contribution in [-0.4, -0.2) is 29.7 Å². The van der Waals surface area contributed by atoms with Crippen LogP contribution in [0.5, 0.6) is 0 Å². The molecule has 2 aromatic rings. The third-order valence-electron chi connectivity index (χ3n) is 4.66. The minimum atomic E-state index is -4.73. The molecule has 0 aliphatic carbocycles. The van der Waals surface area contributed by atoms with E-state index in [2.05, 4.69) is 4.98 Å². The van der Waals surface area contributed by atoms with Crippen molar-refractivity contribution >= 4 is 5.70 Å². The van der Waals surface area contributed by atoms with Crippen LogP contribution in [0, 0.1) is 0 Å². The largest absolute Gasteiger partial charge is 0.416 e. The van der Waals surface area contributed by atoms with Crippen molar-refractivity contribution < 1.29 is 26.3 Å². The highest BCUT2D eigenvalue weighted by molar-refractivity contribution is 5.67. The summed E-state index contributed by atoms with van der Waals surface area (Å²) in [7, 11) is 1.68. The quantitative estimate of drug-likeness (QED) is 0.752. The molecule has 0 spiro atoms. The van der Waals surface area contributed by atoms with Crippen LogP contribution < -0.4 is 5.73 Å². The molecule has 28 heavy (non-hydrogen) atoms. The van der Waals surface area contributed by atoms with Crippen LogP contribution in [0.15, 0.2) is 42.7 Å². The predicted octanol–water partition coefficient (Wildman–Crippen LogP) is 4.54. The molecule has 1 aromatic heterocycles. The first-order valence-corrected chi connectivity index (χ1v) is 8.34. The number of alkyl halides is 6. The fraction of sp³-hybridized carbons (Fsp3) is 0.316. The smallest absolute Gasteiger partial charge is 0.398 e. The molecule has 3 rings (SSSR count). The first kappa shape index (κ1) is 20.2. The molecule has 1 aliphatic heterocycles. The Morgan fingerprint density at radius 2 is 1.82 bits per heavy atom. The first-order chi connectivity index (χ1) is 13.0. The zero-order chi connectivity index (χ0) is 20.7. The van der Waals surface area contributed by atoms with E-state index in [-0.39, 0.29) is 5.56 Å². The lowest BCUT2D eigenvalue weighted by molar-refractivity contribution is -0.138. The monoisotopic (exact) mass is 401 g/mol. The number of nitrogens with two attached hydrogens (primary N) is 1. The molecule has 0 bridgehead atoms. The lowest BCUT2D eigenvalue weighted by atomic mass is 9.89. The normalized spacial score (nSPS) is 18.4. The van der Waals surface area contributed by atoms with Gasteiger partial charge in [0.2, 0.25) is 0 Å². The SMILES string of the molecule is CN1CC=C(N)c2cnccc2C1c1ccc(C(F)(F)F)cc1CC(F)(F)F. The van der Waals surface area contributed by atoms with Crippen molar-refractivity contribution in [3.63, 3.8) is 0 Å². The van der Waals surface area contributed by atoms with E-state index >= 15 is 0 Å². The molecule has 0 fully saturated rings. The van der Waals surface area contributed by atoms with E-state index in [1.54, 1.807) is 24.1 Å². The second-order valence-corrected chi connectivity index (χ2v) is 6.67. The molecule has 1 unspecified atom stereocenters. The lowest BCUT2D eigenvalue weighted by Crippen LogP contribution is -2.27. The van der Waals surface area contributed by atoms with E-state index in [1.807, 2.05) is 0 Å². The van der Waals surface area contributed by atoms with Crippen molar-refractivity contribution in [2.24, 2.45) is 5.73 Å². The minimum Gasteiger partial charge on any atom is -0.398 e. The number of halogens is 6. The van der Waals surface area contributed by atoms with E-state index < -0.39 is 35.9 Å². The van der Waals surface area contributed by atoms with Crippen LogP contribution >= 0.6 is 0 Å². The Labute approximate surface area is 157 Å². The number of hydrogen-bond acceptors (Lipinski definition) is 3. The Bertz CT molecular complexity index is 901. The number of hydrogen-bond donors (Lipinski definition) is 1. The third-order valence-corrected chi connectivity index (χ3v) is 4.66. The molecule has 0 amide bonds. The average Bonchev–Trinajstić information content (AvgIpc) is 2.70. The second kappa shape index (κ2) is 7.12. The van der Waals surface area contributed by atoms with Crippen LogP contribution in [0.4, 0.5) is 26.3 Å². The van der Waals surface area contributed by atoms with Gasteiger partial charge in [0.15, 0.2) is 0 Å². The zero-order valence-corrected chi connectivity index (χ0v) is 14.8. The average molecular weight is 401 g/mol. The highest BCUT2D eigenvalue weighted by atomic mass is 19.4. The molecule has 2 N–H and O–H groups in total. The Balaban J connectivity index is 2.20. The van der Waals surface area contributed by atoms with E-state index in [4.69, 9.17) is 5.73 Å². The maximum Gasteiger partial charge on any atom is 0.416 e. The van der Waals surface area contributed by atoms with Crippen molar-refractivity contribution in [2.75, 3.05) is 13.6 Å². The van der Waals surface area contributed by atoms with Gasteiger partial charge >= 0.3 is 12.4 Å². The third kappa shape index (κ3) is 4.14. The van der Waals surface area contributed by atoms with Crippen molar-refractivity contribution in [3.05, 3.63) is 70.6 Å². The molecule has 0 saturated carbocycles. The van der Waals surface area contributed by atoms with Crippen molar-refractivity contribution in [3.8, 4) is 0 Å². The maximum absolute atomic E-state index is 13.1. The Hall–Kier alpha value is -2.55. The standard InChI is InChI=1S/C19H17F6N3/c1-28-7-5-16(26)15-10-27-6-4-14(15)17(28)13-3-2-12(19(23,24)25)8-11(13)9-18(20,21)22/h2-6,8,10,17H,7,9,26H2,1H3. The Kier molecular flexibility index (Phi) is 5.14. The molecule has 0 radical (unpaired) electrons.